The van der Waals surface area contributed by atoms with Crippen LogP contribution >= 0.6 is 0 Å². The highest BCUT2D eigenvalue weighted by Gasteiger charge is 2.50. The van der Waals surface area contributed by atoms with Crippen LogP contribution in [0.1, 0.15) is 30.9 Å². The molecule has 1 aliphatic rings. The molecule has 0 unspecified atom stereocenters. The molecule has 0 aromatic heterocycles. The van der Waals surface area contributed by atoms with E-state index in [1.807, 2.05) is 43.3 Å². The lowest BCUT2D eigenvalue weighted by Crippen LogP contribution is -2.55. The van der Waals surface area contributed by atoms with Gasteiger partial charge in [-0.05, 0) is 67.4 Å². The van der Waals surface area contributed by atoms with Gasteiger partial charge in [0, 0.05) is 44.9 Å². The van der Waals surface area contributed by atoms with Crippen LogP contribution in [-0.2, 0) is 25.9 Å². The Hall–Kier alpha value is -3.93. The van der Waals surface area contributed by atoms with Gasteiger partial charge in [0.25, 0.3) is 5.91 Å². The minimum atomic E-state index is -3.68. The quantitative estimate of drug-likeness (QED) is 0.192. The number of rotatable bonds is 14. The van der Waals surface area contributed by atoms with Crippen LogP contribution in [0.25, 0.3) is 0 Å². The molecule has 0 fully saturated rings. The van der Waals surface area contributed by atoms with Gasteiger partial charge in [-0.2, -0.15) is 0 Å². The normalized spacial score (nSPS) is 18.2. The molecule has 0 aliphatic carbocycles. The van der Waals surface area contributed by atoms with Crippen molar-refractivity contribution in [2.45, 2.75) is 42.8 Å². The predicted octanol–water partition coefficient (Wildman–Crippen LogP) is 3.10. The average Bonchev–Trinajstić information content (AvgIpc) is 3.34. The van der Waals surface area contributed by atoms with Gasteiger partial charge in [-0.15, -0.1) is 0 Å². The van der Waals surface area contributed by atoms with Crippen LogP contribution in [0.5, 0.6) is 5.75 Å². The highest BCUT2D eigenvalue weighted by atomic mass is 32.2. The molecule has 1 amide bonds. The number of hydrogen-bond acceptors (Lipinski definition) is 9. The molecule has 0 saturated heterocycles. The van der Waals surface area contributed by atoms with Gasteiger partial charge in [-0.1, -0.05) is 30.3 Å². The van der Waals surface area contributed by atoms with Crippen molar-refractivity contribution in [1.29, 1.82) is 0 Å². The third kappa shape index (κ3) is 7.47. The lowest BCUT2D eigenvalue weighted by Gasteiger charge is -2.28. The van der Waals surface area contributed by atoms with Gasteiger partial charge in [-0.25, -0.2) is 18.8 Å². The number of carbonyl (C=O) groups is 1. The molecule has 10 nitrogen and oxygen atoms in total. The SMILES string of the molecule is C[C@@H]1OC(c2ccc(OCCCO)cc2)=N[C@]1(CCS(=O)(=O)c1ccccc1)C(=O)NNCc1ccc(N(C)C)cc1. The molecular weight excluding hydrogens is 556 g/mol. The maximum atomic E-state index is 13.7. The highest BCUT2D eigenvalue weighted by molar-refractivity contribution is 7.91. The number of aliphatic hydroxyl groups excluding tert-OH is 1. The third-order valence-corrected chi connectivity index (χ3v) is 8.86. The molecule has 3 aromatic rings. The van der Waals surface area contributed by atoms with Crippen LogP contribution in [0.15, 0.2) is 88.8 Å². The number of hydrazine groups is 1. The Labute approximate surface area is 247 Å². The molecule has 3 aromatic carbocycles. The number of carbonyl (C=O) groups excluding carboxylic acids is 1. The van der Waals surface area contributed by atoms with E-state index in [1.165, 1.54) is 0 Å². The van der Waals surface area contributed by atoms with Gasteiger partial charge in [0.1, 0.15) is 11.9 Å². The van der Waals surface area contributed by atoms with Gasteiger partial charge in [0.15, 0.2) is 15.4 Å². The molecule has 224 valence electrons. The molecule has 11 heteroatoms. The van der Waals surface area contributed by atoms with Crippen LogP contribution in [-0.4, -0.2) is 70.0 Å². The van der Waals surface area contributed by atoms with Gasteiger partial charge in [-0.3, -0.25) is 10.2 Å². The van der Waals surface area contributed by atoms with Crippen molar-refractivity contribution < 1.29 is 27.8 Å². The number of hydrogen-bond donors (Lipinski definition) is 3. The number of sulfone groups is 1. The monoisotopic (exact) mass is 594 g/mol. The number of benzene rings is 3. The molecule has 42 heavy (non-hydrogen) atoms. The topological polar surface area (TPSA) is 130 Å². The third-order valence-electron chi connectivity index (χ3n) is 7.13. The molecule has 0 saturated carbocycles. The van der Waals surface area contributed by atoms with E-state index in [1.54, 1.807) is 61.5 Å². The number of nitrogens with zero attached hydrogens (tertiary/aromatic N) is 2. The molecule has 1 aliphatic heterocycles. The van der Waals surface area contributed by atoms with Crippen LogP contribution in [0.4, 0.5) is 5.69 Å². The highest BCUT2D eigenvalue weighted by Crippen LogP contribution is 2.33. The molecule has 4 rings (SSSR count). The maximum Gasteiger partial charge on any atom is 0.266 e. The number of ether oxygens (including phenoxy) is 2. The number of aliphatic imine (C=N–C) groups is 1. The van der Waals surface area contributed by atoms with Crippen molar-refractivity contribution in [2.24, 2.45) is 4.99 Å². The first-order valence-corrected chi connectivity index (χ1v) is 15.5. The number of anilines is 1. The lowest BCUT2D eigenvalue weighted by atomic mass is 9.90. The average molecular weight is 595 g/mol. The Bertz CT molecular complexity index is 1460. The van der Waals surface area contributed by atoms with Gasteiger partial charge < -0.3 is 19.5 Å². The standard InChI is InChI=1S/C31H38N4O6S/c1-23-31(18-21-42(38,39)28-8-5-4-6-9-28,30(37)34-32-22-24-10-14-26(15-11-24)35(2)3)33-29(41-23)25-12-16-27(17-13-25)40-20-7-19-36/h4-6,8-17,23,32,36H,7,18-22H2,1-3H3,(H,34,37)/t23-,31-/m0/s1. The second-order valence-corrected chi connectivity index (χ2v) is 12.4. The fourth-order valence-corrected chi connectivity index (χ4v) is 5.92. The molecule has 0 radical (unpaired) electrons. The van der Waals surface area contributed by atoms with Crippen LogP contribution in [0.3, 0.4) is 0 Å². The van der Waals surface area contributed by atoms with Crippen molar-refractivity contribution in [2.75, 3.05) is 38.0 Å². The summed E-state index contributed by atoms with van der Waals surface area (Å²) in [6.45, 7) is 2.51. The summed E-state index contributed by atoms with van der Waals surface area (Å²) in [7, 11) is 0.249. The van der Waals surface area contributed by atoms with Gasteiger partial charge in [0.05, 0.1) is 17.3 Å². The number of aliphatic hydroxyl groups is 1. The maximum absolute atomic E-state index is 13.7. The van der Waals surface area contributed by atoms with Crippen LogP contribution < -0.4 is 20.5 Å². The van der Waals surface area contributed by atoms with E-state index in [2.05, 4.69) is 10.9 Å². The van der Waals surface area contributed by atoms with Crippen molar-refractivity contribution in [3.63, 3.8) is 0 Å². The summed E-state index contributed by atoms with van der Waals surface area (Å²) in [4.78, 5) is 20.7. The van der Waals surface area contributed by atoms with Gasteiger partial charge >= 0.3 is 0 Å². The van der Waals surface area contributed by atoms with E-state index < -0.39 is 27.4 Å². The Kier molecular flexibility index (Phi) is 10.2. The number of nitrogens with one attached hydrogen (secondary N) is 2. The molecule has 3 N–H and O–H groups in total. The van der Waals surface area contributed by atoms with Crippen molar-refractivity contribution in [3.8, 4) is 5.75 Å². The summed E-state index contributed by atoms with van der Waals surface area (Å²) in [5.41, 5.74) is 6.87. The minimum absolute atomic E-state index is 0.0440. The van der Waals surface area contributed by atoms with Crippen molar-refractivity contribution in [3.05, 3.63) is 90.0 Å². The van der Waals surface area contributed by atoms with Crippen LogP contribution in [0.2, 0.25) is 0 Å². The second-order valence-electron chi connectivity index (χ2n) is 10.3. The zero-order chi connectivity index (χ0) is 30.2. The largest absolute Gasteiger partial charge is 0.494 e. The van der Waals surface area contributed by atoms with E-state index in [0.29, 0.717) is 30.9 Å². The second kappa shape index (κ2) is 13.8. The molecule has 2 atom stereocenters. The first-order valence-electron chi connectivity index (χ1n) is 13.8. The Morgan fingerprint density at radius 3 is 2.38 bits per heavy atom. The molecular formula is C31H38N4O6S. The van der Waals surface area contributed by atoms with Crippen LogP contribution in [0, 0.1) is 0 Å². The van der Waals surface area contributed by atoms with Gasteiger partial charge in [0.2, 0.25) is 5.90 Å². The Morgan fingerprint density at radius 2 is 1.74 bits per heavy atom. The first-order chi connectivity index (χ1) is 20.1. The first kappa shape index (κ1) is 31.0. The lowest BCUT2D eigenvalue weighted by molar-refractivity contribution is -0.129. The minimum Gasteiger partial charge on any atom is -0.494 e. The summed E-state index contributed by atoms with van der Waals surface area (Å²) >= 11 is 0. The smallest absolute Gasteiger partial charge is 0.266 e. The molecule has 0 bridgehead atoms. The Balaban J connectivity index is 1.54. The zero-order valence-corrected chi connectivity index (χ0v) is 24.9. The fourth-order valence-electron chi connectivity index (χ4n) is 4.53. The fraction of sp³-hybridized carbons (Fsp3) is 0.355. The number of amides is 1. The summed E-state index contributed by atoms with van der Waals surface area (Å²) in [5, 5.41) is 8.96. The van der Waals surface area contributed by atoms with E-state index in [4.69, 9.17) is 19.6 Å². The van der Waals surface area contributed by atoms with E-state index in [-0.39, 0.29) is 29.6 Å². The summed E-state index contributed by atoms with van der Waals surface area (Å²) < 4.78 is 38.0. The summed E-state index contributed by atoms with van der Waals surface area (Å²) in [6.07, 6.45) is -0.295. The van der Waals surface area contributed by atoms with E-state index in [0.717, 1.165) is 11.3 Å². The summed E-state index contributed by atoms with van der Waals surface area (Å²) in [6, 6.07) is 23.1. The van der Waals surface area contributed by atoms with Crippen molar-refractivity contribution >= 4 is 27.3 Å². The van der Waals surface area contributed by atoms with Crippen molar-refractivity contribution in [1.82, 2.24) is 10.9 Å². The van der Waals surface area contributed by atoms with E-state index in [9.17, 15) is 13.2 Å². The molecule has 0 spiro atoms. The predicted molar refractivity (Wildman–Crippen MR) is 162 cm³/mol. The molecule has 1 heterocycles. The van der Waals surface area contributed by atoms with E-state index >= 15 is 0 Å². The summed E-state index contributed by atoms with van der Waals surface area (Å²) in [5.74, 6) is 0.0936. The Morgan fingerprint density at radius 1 is 1.05 bits per heavy atom. The zero-order valence-electron chi connectivity index (χ0n) is 24.1.